The summed E-state index contributed by atoms with van der Waals surface area (Å²) in [5.74, 6) is 0.905. The van der Waals surface area contributed by atoms with E-state index in [-0.39, 0.29) is 0 Å². The number of sulfonamides is 1. The van der Waals surface area contributed by atoms with Crippen molar-refractivity contribution in [2.45, 2.75) is 52.5 Å². The minimum atomic E-state index is -3.34. The number of nitrogens with one attached hydrogen (secondary N) is 2. The Hall–Kier alpha value is -1.81. The third-order valence-electron chi connectivity index (χ3n) is 5.50. The van der Waals surface area contributed by atoms with E-state index in [9.17, 15) is 13.2 Å². The van der Waals surface area contributed by atoms with Crippen molar-refractivity contribution in [3.63, 3.8) is 0 Å². The van der Waals surface area contributed by atoms with Crippen LogP contribution in [0.3, 0.4) is 0 Å². The lowest BCUT2D eigenvalue weighted by molar-refractivity contribution is -0.118. The fourth-order valence-electron chi connectivity index (χ4n) is 4.05. The highest BCUT2D eigenvalue weighted by atomic mass is 32.2. The summed E-state index contributed by atoms with van der Waals surface area (Å²) in [6, 6.07) is 5.44. The molecule has 3 aromatic rings. The number of thiophene rings is 1. The van der Waals surface area contributed by atoms with Gasteiger partial charge in [-0.2, -0.15) is 0 Å². The third kappa shape index (κ3) is 5.57. The molecule has 3 heterocycles. The van der Waals surface area contributed by atoms with Gasteiger partial charge in [-0.1, -0.05) is 20.3 Å². The first kappa shape index (κ1) is 23.4. The van der Waals surface area contributed by atoms with Gasteiger partial charge in [-0.15, -0.1) is 22.7 Å². The van der Waals surface area contributed by atoms with Gasteiger partial charge >= 0.3 is 0 Å². The molecule has 172 valence electrons. The predicted octanol–water partition coefficient (Wildman–Crippen LogP) is 4.98. The van der Waals surface area contributed by atoms with Crippen LogP contribution in [-0.2, 0) is 34.2 Å². The van der Waals surface area contributed by atoms with Crippen molar-refractivity contribution in [3.05, 3.63) is 33.5 Å². The largest absolute Gasteiger partial charge is 0.312 e. The molecule has 2 aromatic heterocycles. The summed E-state index contributed by atoms with van der Waals surface area (Å²) in [7, 11) is -3.34. The summed E-state index contributed by atoms with van der Waals surface area (Å²) >= 11 is 3.34. The highest BCUT2D eigenvalue weighted by Gasteiger charge is 2.25. The number of nitrogens with zero attached hydrogens (tertiary/aromatic N) is 1. The zero-order valence-corrected chi connectivity index (χ0v) is 21.1. The van der Waals surface area contributed by atoms with Gasteiger partial charge in [-0.3, -0.25) is 9.52 Å². The number of rotatable bonds is 9. The average Bonchev–Trinajstić information content (AvgIpc) is 3.26. The van der Waals surface area contributed by atoms with Crippen LogP contribution in [0.2, 0.25) is 0 Å². The predicted molar refractivity (Wildman–Crippen MR) is 134 cm³/mol. The summed E-state index contributed by atoms with van der Waals surface area (Å²) < 4.78 is 26.7. The Balaban J connectivity index is 1.66. The Labute approximate surface area is 197 Å². The summed E-state index contributed by atoms with van der Waals surface area (Å²) in [5.41, 5.74) is 3.71. The summed E-state index contributed by atoms with van der Waals surface area (Å²) in [6.07, 6.45) is 5.17. The molecule has 0 radical (unpaired) electrons. The molecule has 2 N–H and O–H groups in total. The molecule has 0 atom stereocenters. The Morgan fingerprint density at radius 3 is 2.84 bits per heavy atom. The molecule has 0 saturated carbocycles. The zero-order chi connectivity index (χ0) is 22.9. The summed E-state index contributed by atoms with van der Waals surface area (Å²) in [4.78, 5) is 20.0. The van der Waals surface area contributed by atoms with Crippen molar-refractivity contribution in [3.8, 4) is 10.6 Å². The molecule has 1 aliphatic heterocycles. The maximum absolute atomic E-state index is 12.7. The van der Waals surface area contributed by atoms with E-state index in [1.807, 2.05) is 6.07 Å². The molecule has 32 heavy (non-hydrogen) atoms. The smallest absolute Gasteiger partial charge is 0.229 e. The van der Waals surface area contributed by atoms with Crippen molar-refractivity contribution >= 4 is 54.4 Å². The van der Waals surface area contributed by atoms with Gasteiger partial charge < -0.3 is 5.32 Å². The quantitative estimate of drug-likeness (QED) is 0.441. The van der Waals surface area contributed by atoms with Crippen molar-refractivity contribution < 1.29 is 13.2 Å². The number of thiazole rings is 1. The third-order valence-corrected chi connectivity index (χ3v) is 8.39. The van der Waals surface area contributed by atoms with Gasteiger partial charge in [0.2, 0.25) is 10.0 Å². The molecule has 0 amide bonds. The maximum Gasteiger partial charge on any atom is 0.229 e. The molecule has 6 nitrogen and oxygen atoms in total. The van der Waals surface area contributed by atoms with Gasteiger partial charge in [0.15, 0.2) is 0 Å². The molecule has 4 rings (SSSR count). The van der Waals surface area contributed by atoms with E-state index in [2.05, 4.69) is 23.9 Å². The molecular weight excluding hydrogens is 462 g/mol. The molecule has 0 saturated heterocycles. The second-order valence-corrected chi connectivity index (χ2v) is 12.8. The van der Waals surface area contributed by atoms with Crippen LogP contribution in [0.15, 0.2) is 18.2 Å². The lowest BCUT2D eigenvalue weighted by Gasteiger charge is -2.13. The number of Topliss-reactive ketones (excluding diaryl/α,β-unsaturated/α-hetero) is 1. The molecule has 0 spiro atoms. The SMILES string of the molecule is CC(C)CCCC(=O)Cc1sc2c(c1-c1nc3cc(NS(C)(=O)=O)ccc3s1)CCNC2. The highest BCUT2D eigenvalue weighted by molar-refractivity contribution is 7.92. The molecule has 9 heteroatoms. The van der Waals surface area contributed by atoms with Crippen LogP contribution in [0.4, 0.5) is 5.69 Å². The van der Waals surface area contributed by atoms with E-state index in [1.54, 1.807) is 34.8 Å². The molecule has 0 fully saturated rings. The van der Waals surface area contributed by atoms with Crippen LogP contribution in [0.25, 0.3) is 20.8 Å². The van der Waals surface area contributed by atoms with Gasteiger partial charge in [-0.05, 0) is 49.1 Å². The second kappa shape index (κ2) is 9.59. The number of carbonyl (C=O) groups excluding carboxylic acids is 1. The van der Waals surface area contributed by atoms with E-state index in [0.29, 0.717) is 30.2 Å². The van der Waals surface area contributed by atoms with Gasteiger partial charge in [0, 0.05) is 34.7 Å². The van der Waals surface area contributed by atoms with Gasteiger partial charge in [-0.25, -0.2) is 13.4 Å². The summed E-state index contributed by atoms with van der Waals surface area (Å²) in [6.45, 7) is 6.13. The average molecular weight is 492 g/mol. The van der Waals surface area contributed by atoms with Crippen molar-refractivity contribution in [1.82, 2.24) is 10.3 Å². The number of fused-ring (bicyclic) bond motifs is 2. The number of hydrogen-bond acceptors (Lipinski definition) is 7. The topological polar surface area (TPSA) is 88.2 Å². The first-order chi connectivity index (χ1) is 15.2. The Morgan fingerprint density at radius 2 is 2.09 bits per heavy atom. The number of benzene rings is 1. The Kier molecular flexibility index (Phi) is 7.00. The lowest BCUT2D eigenvalue weighted by atomic mass is 9.99. The monoisotopic (exact) mass is 491 g/mol. The standard InChI is InChI=1S/C23H29N3O3S3/c1-14(2)5-4-6-16(27)12-20-22(17-9-10-24-13-21(17)30-20)23-25-18-11-15(26-32(3,28)29)7-8-19(18)31-23/h7-8,11,14,24,26H,4-6,9-10,12-13H2,1-3H3. The van der Waals surface area contributed by atoms with E-state index < -0.39 is 10.0 Å². The van der Waals surface area contributed by atoms with Crippen LogP contribution in [0.5, 0.6) is 0 Å². The number of carbonyl (C=O) groups is 1. The number of hydrogen-bond donors (Lipinski definition) is 2. The minimum Gasteiger partial charge on any atom is -0.312 e. The number of anilines is 1. The van der Waals surface area contributed by atoms with Crippen LogP contribution >= 0.6 is 22.7 Å². The Morgan fingerprint density at radius 1 is 1.28 bits per heavy atom. The van der Waals surface area contributed by atoms with Crippen LogP contribution in [0, 0.1) is 5.92 Å². The van der Waals surface area contributed by atoms with E-state index >= 15 is 0 Å². The highest BCUT2D eigenvalue weighted by Crippen LogP contribution is 2.42. The maximum atomic E-state index is 12.7. The normalized spacial score (nSPS) is 14.1. The molecule has 0 unspecified atom stereocenters. The minimum absolute atomic E-state index is 0.291. The van der Waals surface area contributed by atoms with Crippen LogP contribution in [0.1, 0.15) is 48.4 Å². The van der Waals surface area contributed by atoms with E-state index in [1.165, 1.54) is 10.4 Å². The lowest BCUT2D eigenvalue weighted by Crippen LogP contribution is -2.22. The van der Waals surface area contributed by atoms with E-state index in [0.717, 1.165) is 64.3 Å². The van der Waals surface area contributed by atoms with Gasteiger partial charge in [0.1, 0.15) is 10.8 Å². The van der Waals surface area contributed by atoms with Crippen LogP contribution in [-0.4, -0.2) is 32.0 Å². The first-order valence-electron chi connectivity index (χ1n) is 10.9. The molecule has 1 aliphatic rings. The molecule has 1 aromatic carbocycles. The second-order valence-electron chi connectivity index (χ2n) is 8.81. The fourth-order valence-corrected chi connectivity index (χ4v) is 7.07. The van der Waals surface area contributed by atoms with Gasteiger partial charge in [0.05, 0.1) is 22.2 Å². The fraction of sp³-hybridized carbons (Fsp3) is 0.478. The molecule has 0 bridgehead atoms. The molecule has 0 aliphatic carbocycles. The van der Waals surface area contributed by atoms with Crippen molar-refractivity contribution in [2.24, 2.45) is 5.92 Å². The van der Waals surface area contributed by atoms with Gasteiger partial charge in [0.25, 0.3) is 0 Å². The number of ketones is 1. The number of aromatic nitrogens is 1. The Bertz CT molecular complexity index is 1240. The van der Waals surface area contributed by atoms with Crippen molar-refractivity contribution in [1.29, 1.82) is 0 Å². The molecular formula is C23H29N3O3S3. The van der Waals surface area contributed by atoms with Crippen molar-refractivity contribution in [2.75, 3.05) is 17.5 Å². The summed E-state index contributed by atoms with van der Waals surface area (Å²) in [5, 5.41) is 4.35. The zero-order valence-electron chi connectivity index (χ0n) is 18.7. The first-order valence-corrected chi connectivity index (χ1v) is 14.5. The van der Waals surface area contributed by atoms with E-state index in [4.69, 9.17) is 4.98 Å². The van der Waals surface area contributed by atoms with Crippen LogP contribution < -0.4 is 10.0 Å².